The highest BCUT2D eigenvalue weighted by Crippen LogP contribution is 2.34. The highest BCUT2D eigenvalue weighted by molar-refractivity contribution is 6.53. The molecular weight excluding hydrogens is 321 g/mol. The van der Waals surface area contributed by atoms with Gasteiger partial charge in [-0.05, 0) is 43.7 Å². The van der Waals surface area contributed by atoms with E-state index in [1.807, 2.05) is 19.9 Å². The number of halogens is 3. The highest BCUT2D eigenvalue weighted by atomic mass is 19.4. The van der Waals surface area contributed by atoms with Crippen LogP contribution in [-0.2, 0) is 11.0 Å². The van der Waals surface area contributed by atoms with E-state index >= 15 is 0 Å². The summed E-state index contributed by atoms with van der Waals surface area (Å²) in [7, 11) is 0. The number of nitrogens with zero attached hydrogens (tertiary/aromatic N) is 2. The van der Waals surface area contributed by atoms with Crippen LogP contribution >= 0.6 is 0 Å². The van der Waals surface area contributed by atoms with Crippen LogP contribution in [-0.4, -0.2) is 22.8 Å². The largest absolute Gasteiger partial charge is 0.416 e. The Balaban J connectivity index is 1.91. The summed E-state index contributed by atoms with van der Waals surface area (Å²) in [4.78, 5) is 15.0. The van der Waals surface area contributed by atoms with Crippen LogP contribution in [0.2, 0.25) is 0 Å². The van der Waals surface area contributed by atoms with E-state index in [4.69, 9.17) is 0 Å². The van der Waals surface area contributed by atoms with Crippen LogP contribution < -0.4 is 5.32 Å². The molecule has 2 aromatic rings. The first-order valence-corrected chi connectivity index (χ1v) is 7.06. The Hall–Kier alpha value is -2.90. The molecule has 0 unspecified atom stereocenters. The Kier molecular flexibility index (Phi) is 3.75. The number of fused-ring (bicyclic) bond motifs is 1. The second kappa shape index (κ2) is 5.63. The Morgan fingerprint density at radius 1 is 1.17 bits per heavy atom. The summed E-state index contributed by atoms with van der Waals surface area (Å²) < 4.78 is 38.1. The van der Waals surface area contributed by atoms with Gasteiger partial charge < -0.3 is 10.3 Å². The number of anilines is 1. The van der Waals surface area contributed by atoms with Gasteiger partial charge in [0.25, 0.3) is 5.91 Å². The molecule has 1 aromatic heterocycles. The number of aromatic amines is 1. The Morgan fingerprint density at radius 2 is 1.92 bits per heavy atom. The van der Waals surface area contributed by atoms with Crippen molar-refractivity contribution in [3.05, 3.63) is 52.3 Å². The van der Waals surface area contributed by atoms with Gasteiger partial charge in [0.15, 0.2) is 5.71 Å². The van der Waals surface area contributed by atoms with E-state index in [2.05, 4.69) is 20.5 Å². The number of carbonyl (C=O) groups excluding carboxylic acids is 1. The minimum atomic E-state index is -4.47. The monoisotopic (exact) mass is 334 g/mol. The SMILES string of the molecule is Cc1cc(C)c(C=NN=C2C(=O)Nc3cc(C(F)(F)F)ccc32)[nH]1. The third-order valence-electron chi connectivity index (χ3n) is 3.60. The third-order valence-corrected chi connectivity index (χ3v) is 3.60. The van der Waals surface area contributed by atoms with Gasteiger partial charge in [-0.1, -0.05) is 0 Å². The van der Waals surface area contributed by atoms with Gasteiger partial charge in [-0.15, -0.1) is 5.10 Å². The quantitative estimate of drug-likeness (QED) is 0.641. The molecule has 24 heavy (non-hydrogen) atoms. The summed E-state index contributed by atoms with van der Waals surface area (Å²) in [6, 6.07) is 4.95. The minimum Gasteiger partial charge on any atom is -0.358 e. The lowest BCUT2D eigenvalue weighted by molar-refractivity contribution is -0.137. The summed E-state index contributed by atoms with van der Waals surface area (Å²) in [5.74, 6) is -0.583. The second-order valence-corrected chi connectivity index (χ2v) is 5.45. The van der Waals surface area contributed by atoms with E-state index < -0.39 is 17.6 Å². The molecule has 2 N–H and O–H groups in total. The average Bonchev–Trinajstić information content (AvgIpc) is 2.97. The van der Waals surface area contributed by atoms with Crippen LogP contribution in [0.25, 0.3) is 0 Å². The average molecular weight is 334 g/mol. The lowest BCUT2D eigenvalue weighted by Crippen LogP contribution is -2.13. The molecule has 0 radical (unpaired) electrons. The zero-order valence-corrected chi connectivity index (χ0v) is 12.8. The number of benzene rings is 1. The fraction of sp³-hybridized carbons (Fsp3) is 0.188. The van der Waals surface area contributed by atoms with Gasteiger partial charge in [0.05, 0.1) is 23.2 Å². The second-order valence-electron chi connectivity index (χ2n) is 5.45. The standard InChI is InChI=1S/C16H13F3N4O/c1-8-5-9(2)21-13(8)7-20-23-14-11-4-3-10(16(17,18)19)6-12(11)22-15(14)24/h3-7,21H,1-2H3,(H,22,23,24). The van der Waals surface area contributed by atoms with Crippen molar-refractivity contribution < 1.29 is 18.0 Å². The van der Waals surface area contributed by atoms with Crippen molar-refractivity contribution in [2.75, 3.05) is 5.32 Å². The maximum Gasteiger partial charge on any atom is 0.416 e. The Morgan fingerprint density at radius 3 is 2.54 bits per heavy atom. The number of hydrogen-bond donors (Lipinski definition) is 2. The number of hydrogen-bond acceptors (Lipinski definition) is 3. The molecule has 1 aliphatic rings. The lowest BCUT2D eigenvalue weighted by atomic mass is 10.1. The van der Waals surface area contributed by atoms with Gasteiger partial charge in [0, 0.05) is 11.3 Å². The third kappa shape index (κ3) is 2.94. The lowest BCUT2D eigenvalue weighted by Gasteiger charge is -2.07. The van der Waals surface area contributed by atoms with Crippen molar-refractivity contribution in [1.29, 1.82) is 0 Å². The van der Waals surface area contributed by atoms with Crippen LogP contribution in [0, 0.1) is 13.8 Å². The maximum absolute atomic E-state index is 12.7. The number of alkyl halides is 3. The first-order valence-electron chi connectivity index (χ1n) is 7.06. The molecule has 1 aromatic carbocycles. The molecule has 1 amide bonds. The molecule has 0 fully saturated rings. The molecule has 124 valence electrons. The molecular formula is C16H13F3N4O. The van der Waals surface area contributed by atoms with Crippen LogP contribution in [0.3, 0.4) is 0 Å². The fourth-order valence-corrected chi connectivity index (χ4v) is 2.46. The normalized spacial score (nSPS) is 16.0. The Labute approximate surface area is 135 Å². The number of amides is 1. The fourth-order valence-electron chi connectivity index (χ4n) is 2.46. The molecule has 2 heterocycles. The van der Waals surface area contributed by atoms with E-state index in [9.17, 15) is 18.0 Å². The van der Waals surface area contributed by atoms with Crippen LogP contribution in [0.1, 0.15) is 28.1 Å². The molecule has 3 rings (SSSR count). The van der Waals surface area contributed by atoms with E-state index in [0.717, 1.165) is 29.1 Å². The molecule has 0 spiro atoms. The van der Waals surface area contributed by atoms with Crippen molar-refractivity contribution in [2.45, 2.75) is 20.0 Å². The molecule has 8 heteroatoms. The van der Waals surface area contributed by atoms with Gasteiger partial charge in [0.2, 0.25) is 0 Å². The predicted octanol–water partition coefficient (Wildman–Crippen LogP) is 3.43. The summed E-state index contributed by atoms with van der Waals surface area (Å²) in [6.07, 6.45) is -3.01. The van der Waals surface area contributed by atoms with E-state index in [-0.39, 0.29) is 11.4 Å². The van der Waals surface area contributed by atoms with Crippen molar-refractivity contribution in [1.82, 2.24) is 4.98 Å². The first kappa shape index (κ1) is 16.0. The predicted molar refractivity (Wildman–Crippen MR) is 84.5 cm³/mol. The summed E-state index contributed by atoms with van der Waals surface area (Å²) in [6.45, 7) is 3.80. The number of H-pyrrole nitrogens is 1. The molecule has 0 aliphatic carbocycles. The highest BCUT2D eigenvalue weighted by Gasteiger charge is 2.34. The van der Waals surface area contributed by atoms with Crippen LogP contribution in [0.4, 0.5) is 18.9 Å². The number of carbonyl (C=O) groups is 1. The van der Waals surface area contributed by atoms with Crippen LogP contribution in [0.15, 0.2) is 34.5 Å². The first-order chi connectivity index (χ1) is 11.3. The number of aromatic nitrogens is 1. The topological polar surface area (TPSA) is 69.6 Å². The van der Waals surface area contributed by atoms with Gasteiger partial charge in [-0.3, -0.25) is 4.79 Å². The van der Waals surface area contributed by atoms with Crippen LogP contribution in [0.5, 0.6) is 0 Å². The van der Waals surface area contributed by atoms with Gasteiger partial charge in [-0.2, -0.15) is 18.3 Å². The van der Waals surface area contributed by atoms with Crippen molar-refractivity contribution >= 4 is 23.5 Å². The van der Waals surface area contributed by atoms with Gasteiger partial charge in [-0.25, -0.2) is 0 Å². The van der Waals surface area contributed by atoms with E-state index in [1.54, 1.807) is 0 Å². The minimum absolute atomic E-state index is 0.0177. The Bertz CT molecular complexity index is 878. The summed E-state index contributed by atoms with van der Waals surface area (Å²) >= 11 is 0. The molecule has 0 atom stereocenters. The maximum atomic E-state index is 12.7. The van der Waals surface area contributed by atoms with Crippen molar-refractivity contribution in [3.63, 3.8) is 0 Å². The molecule has 5 nitrogen and oxygen atoms in total. The van der Waals surface area contributed by atoms with E-state index in [1.165, 1.54) is 12.3 Å². The number of aryl methyl sites for hydroxylation is 2. The number of rotatable bonds is 2. The molecule has 1 aliphatic heterocycles. The molecule has 0 saturated carbocycles. The number of nitrogens with one attached hydrogen (secondary N) is 2. The van der Waals surface area contributed by atoms with Crippen molar-refractivity contribution in [3.8, 4) is 0 Å². The zero-order chi connectivity index (χ0) is 17.5. The zero-order valence-electron chi connectivity index (χ0n) is 12.8. The summed E-state index contributed by atoms with van der Waals surface area (Å²) in [5, 5.41) is 10.1. The van der Waals surface area contributed by atoms with Gasteiger partial charge >= 0.3 is 6.18 Å². The molecule has 0 saturated heterocycles. The molecule has 0 bridgehead atoms. The smallest absolute Gasteiger partial charge is 0.358 e. The van der Waals surface area contributed by atoms with Crippen molar-refractivity contribution in [2.24, 2.45) is 10.2 Å². The summed E-state index contributed by atoms with van der Waals surface area (Å²) in [5.41, 5.74) is 2.22. The van der Waals surface area contributed by atoms with E-state index in [0.29, 0.717) is 5.56 Å². The van der Waals surface area contributed by atoms with Gasteiger partial charge in [0.1, 0.15) is 0 Å².